The van der Waals surface area contributed by atoms with Crippen LogP contribution in [0.15, 0.2) is 0 Å². The Bertz CT molecular complexity index is 255. The molecule has 0 rings (SSSR count). The number of carbonyl (C=O) groups is 2. The van der Waals surface area contributed by atoms with Gasteiger partial charge in [0.25, 0.3) is 0 Å². The molecule has 0 aliphatic heterocycles. The number of alkyl halides is 3. The number of hydrogen-bond donors (Lipinski definition) is 1. The zero-order valence-corrected chi connectivity index (χ0v) is 11.6. The molecule has 0 radical (unpaired) electrons. The number of halogens is 3. The molecule has 0 saturated carbocycles. The maximum absolute atomic E-state index is 11.1. The molecular weight excluding hydrogens is 292 g/mol. The van der Waals surface area contributed by atoms with E-state index in [1.165, 1.54) is 0 Å². The average Bonchev–Trinajstić information content (AvgIpc) is 2.23. The normalized spacial score (nSPS) is 10.8. The summed E-state index contributed by atoms with van der Waals surface area (Å²) in [5.74, 6) is -0.538. The van der Waals surface area contributed by atoms with E-state index in [1.54, 1.807) is 0 Å². The van der Waals surface area contributed by atoms with E-state index in [4.69, 9.17) is 39.5 Å². The van der Waals surface area contributed by atoms with Gasteiger partial charge in [-0.1, -0.05) is 48.1 Å². The van der Waals surface area contributed by atoms with E-state index in [-0.39, 0.29) is 6.54 Å². The third-order valence-corrected chi connectivity index (χ3v) is 1.83. The van der Waals surface area contributed by atoms with Crippen LogP contribution in [0.25, 0.3) is 0 Å². The minimum Gasteiger partial charge on any atom is -0.464 e. The summed E-state index contributed by atoms with van der Waals surface area (Å²) in [6, 6.07) is 0. The maximum atomic E-state index is 11.1. The molecule has 8 heteroatoms. The SMILES string of the molecule is CCCCOC(=O)CNC(=O)OCC(Cl)(Cl)Cl. The fourth-order valence-electron chi connectivity index (χ4n) is 0.724. The van der Waals surface area contributed by atoms with Crippen LogP contribution in [-0.4, -0.2) is 35.6 Å². The molecule has 0 aliphatic rings. The molecule has 17 heavy (non-hydrogen) atoms. The lowest BCUT2D eigenvalue weighted by Crippen LogP contribution is -2.33. The van der Waals surface area contributed by atoms with Crippen LogP contribution in [0.1, 0.15) is 19.8 Å². The van der Waals surface area contributed by atoms with Gasteiger partial charge in [0.2, 0.25) is 3.79 Å². The first-order valence-electron chi connectivity index (χ1n) is 4.98. The quantitative estimate of drug-likeness (QED) is 0.465. The van der Waals surface area contributed by atoms with Crippen molar-refractivity contribution in [1.29, 1.82) is 0 Å². The Kier molecular flexibility index (Phi) is 8.47. The number of hydrogen-bond acceptors (Lipinski definition) is 4. The molecule has 0 bridgehead atoms. The summed E-state index contributed by atoms with van der Waals surface area (Å²) in [6.07, 6.45) is 0.860. The predicted octanol–water partition coefficient (Wildman–Crippen LogP) is 2.43. The van der Waals surface area contributed by atoms with Crippen LogP contribution in [0.5, 0.6) is 0 Å². The molecule has 0 unspecified atom stereocenters. The van der Waals surface area contributed by atoms with Gasteiger partial charge in [0, 0.05) is 0 Å². The lowest BCUT2D eigenvalue weighted by Gasteiger charge is -2.11. The summed E-state index contributed by atoms with van der Waals surface area (Å²) in [7, 11) is 0. The minimum atomic E-state index is -1.67. The van der Waals surface area contributed by atoms with E-state index in [1.807, 2.05) is 6.92 Å². The highest BCUT2D eigenvalue weighted by Crippen LogP contribution is 2.25. The highest BCUT2D eigenvalue weighted by molar-refractivity contribution is 6.67. The average molecular weight is 307 g/mol. The summed E-state index contributed by atoms with van der Waals surface area (Å²) in [6.45, 7) is 1.64. The first-order valence-corrected chi connectivity index (χ1v) is 6.11. The topological polar surface area (TPSA) is 64.6 Å². The van der Waals surface area contributed by atoms with Crippen molar-refractivity contribution in [3.63, 3.8) is 0 Å². The molecule has 1 N–H and O–H groups in total. The summed E-state index contributed by atoms with van der Waals surface area (Å²) >= 11 is 16.1. The van der Waals surface area contributed by atoms with Crippen LogP contribution < -0.4 is 5.32 Å². The van der Waals surface area contributed by atoms with Crippen molar-refractivity contribution in [2.75, 3.05) is 19.8 Å². The van der Waals surface area contributed by atoms with Crippen LogP contribution in [0.4, 0.5) is 4.79 Å². The van der Waals surface area contributed by atoms with Gasteiger partial charge in [-0.3, -0.25) is 4.79 Å². The monoisotopic (exact) mass is 305 g/mol. The van der Waals surface area contributed by atoms with Gasteiger partial charge in [0.05, 0.1) is 6.61 Å². The van der Waals surface area contributed by atoms with E-state index in [0.29, 0.717) is 6.61 Å². The largest absolute Gasteiger partial charge is 0.464 e. The number of esters is 1. The molecule has 0 heterocycles. The van der Waals surface area contributed by atoms with Crippen molar-refractivity contribution >= 4 is 46.9 Å². The second kappa shape index (κ2) is 8.66. The maximum Gasteiger partial charge on any atom is 0.407 e. The number of amides is 1. The summed E-state index contributed by atoms with van der Waals surface area (Å²) in [5, 5.41) is 2.17. The van der Waals surface area contributed by atoms with E-state index >= 15 is 0 Å². The Morgan fingerprint density at radius 2 is 1.88 bits per heavy atom. The Hall–Kier alpha value is -0.390. The van der Waals surface area contributed by atoms with Crippen molar-refractivity contribution in [2.45, 2.75) is 23.6 Å². The van der Waals surface area contributed by atoms with Crippen molar-refractivity contribution in [3.05, 3.63) is 0 Å². The fraction of sp³-hybridized carbons (Fsp3) is 0.778. The number of nitrogens with one attached hydrogen (secondary N) is 1. The van der Waals surface area contributed by atoms with Crippen LogP contribution in [0.3, 0.4) is 0 Å². The Labute approximate surface area is 115 Å². The second-order valence-corrected chi connectivity index (χ2v) is 5.63. The van der Waals surface area contributed by atoms with E-state index in [2.05, 4.69) is 10.1 Å². The third-order valence-electron chi connectivity index (χ3n) is 1.50. The van der Waals surface area contributed by atoms with Crippen molar-refractivity contribution in [2.24, 2.45) is 0 Å². The van der Waals surface area contributed by atoms with Gasteiger partial charge in [0.15, 0.2) is 0 Å². The van der Waals surface area contributed by atoms with Crippen LogP contribution >= 0.6 is 34.8 Å². The summed E-state index contributed by atoms with van der Waals surface area (Å²) < 4.78 is 7.65. The standard InChI is InChI=1S/C9H14Cl3NO4/c1-2-3-4-16-7(14)5-13-8(15)17-6-9(10,11)12/h2-6H2,1H3,(H,13,15). The lowest BCUT2D eigenvalue weighted by atomic mass is 10.4. The second-order valence-electron chi connectivity index (χ2n) is 3.12. The summed E-state index contributed by atoms with van der Waals surface area (Å²) in [4.78, 5) is 22.1. The van der Waals surface area contributed by atoms with Gasteiger partial charge in [-0.2, -0.15) is 0 Å². The Morgan fingerprint density at radius 3 is 2.41 bits per heavy atom. The number of unbranched alkanes of at least 4 members (excludes halogenated alkanes) is 1. The first kappa shape index (κ1) is 16.6. The molecule has 0 saturated heterocycles. The van der Waals surface area contributed by atoms with E-state index in [9.17, 15) is 9.59 Å². The number of rotatable bonds is 6. The van der Waals surface area contributed by atoms with Crippen LogP contribution in [0.2, 0.25) is 0 Å². The fourth-order valence-corrected chi connectivity index (χ4v) is 0.888. The van der Waals surface area contributed by atoms with E-state index in [0.717, 1.165) is 12.8 Å². The molecule has 0 aromatic heterocycles. The molecule has 0 aliphatic carbocycles. The molecule has 1 amide bonds. The third kappa shape index (κ3) is 11.9. The van der Waals surface area contributed by atoms with Crippen molar-refractivity contribution in [3.8, 4) is 0 Å². The van der Waals surface area contributed by atoms with Crippen LogP contribution in [-0.2, 0) is 14.3 Å². The van der Waals surface area contributed by atoms with Gasteiger partial charge in [0.1, 0.15) is 13.2 Å². The van der Waals surface area contributed by atoms with Gasteiger partial charge in [-0.05, 0) is 6.42 Å². The van der Waals surface area contributed by atoms with Crippen LogP contribution in [0, 0.1) is 0 Å². The Balaban J connectivity index is 3.59. The van der Waals surface area contributed by atoms with Gasteiger partial charge < -0.3 is 14.8 Å². The molecule has 0 atom stereocenters. The number of ether oxygens (including phenoxy) is 2. The highest BCUT2D eigenvalue weighted by Gasteiger charge is 2.22. The molecule has 100 valence electrons. The molecule has 0 aromatic carbocycles. The van der Waals surface area contributed by atoms with Gasteiger partial charge in [-0.25, -0.2) is 4.79 Å². The van der Waals surface area contributed by atoms with Crippen molar-refractivity contribution < 1.29 is 19.1 Å². The lowest BCUT2D eigenvalue weighted by molar-refractivity contribution is -0.142. The molecule has 0 spiro atoms. The Morgan fingerprint density at radius 1 is 1.24 bits per heavy atom. The summed E-state index contributed by atoms with van der Waals surface area (Å²) in [5.41, 5.74) is 0. The molecule has 5 nitrogen and oxygen atoms in total. The highest BCUT2D eigenvalue weighted by atomic mass is 35.6. The minimum absolute atomic E-state index is 0.275. The number of alkyl carbamates (subject to hydrolysis) is 1. The molecule has 0 aromatic rings. The smallest absolute Gasteiger partial charge is 0.407 e. The number of carbonyl (C=O) groups excluding carboxylic acids is 2. The van der Waals surface area contributed by atoms with Gasteiger partial charge >= 0.3 is 12.1 Å². The molecule has 0 fully saturated rings. The predicted molar refractivity (Wildman–Crippen MR) is 65.5 cm³/mol. The zero-order chi connectivity index (χ0) is 13.3. The zero-order valence-electron chi connectivity index (χ0n) is 9.30. The van der Waals surface area contributed by atoms with Crippen molar-refractivity contribution in [1.82, 2.24) is 5.32 Å². The van der Waals surface area contributed by atoms with E-state index < -0.39 is 22.5 Å². The molecular formula is C9H14Cl3NO4. The van der Waals surface area contributed by atoms with Gasteiger partial charge in [-0.15, -0.1) is 0 Å². The first-order chi connectivity index (χ1) is 7.85.